The van der Waals surface area contributed by atoms with E-state index in [0.29, 0.717) is 12.4 Å². The average Bonchev–Trinajstić information content (AvgIpc) is 3.94. The molecular weight excluding hydrogens is 955 g/mol. The summed E-state index contributed by atoms with van der Waals surface area (Å²) in [5.74, 6) is -1.26. The van der Waals surface area contributed by atoms with E-state index in [4.69, 9.17) is 43.2 Å². The molecule has 1 aliphatic heterocycles. The van der Waals surface area contributed by atoms with Crippen LogP contribution in [0.4, 0.5) is 11.9 Å². The number of amides is 1. The van der Waals surface area contributed by atoms with Crippen LogP contribution in [-0.4, -0.2) is 123 Å². The number of nitriles is 1. The number of hydrogen-bond donors (Lipinski definition) is 6. The maximum Gasteiger partial charge on any atom is 0.335 e. The Morgan fingerprint density at radius 2 is 1.73 bits per heavy atom. The topological polar surface area (TPSA) is 310 Å². The van der Waals surface area contributed by atoms with Crippen molar-refractivity contribution >= 4 is 72.9 Å². The molecule has 1 aliphatic carbocycles. The fourth-order valence-electron chi connectivity index (χ4n) is 8.12. The number of nitrogens with zero attached hydrogens (tertiary/aromatic N) is 7. The van der Waals surface area contributed by atoms with Crippen LogP contribution in [-0.2, 0) is 52.5 Å². The number of aliphatic hydroxyl groups excluding tert-OH is 1. The molecule has 0 spiro atoms. The number of H-pyrrole nitrogens is 1. The number of aromatic amines is 1. The van der Waals surface area contributed by atoms with Gasteiger partial charge in [-0.2, -0.15) is 10.2 Å². The molecule has 2 unspecified atom stereocenters. The minimum absolute atomic E-state index is 0.0240. The van der Waals surface area contributed by atoms with Gasteiger partial charge in [-0.15, -0.1) is 0 Å². The number of fused-ring (bicyclic) bond motifs is 1. The molecule has 28 heteroatoms. The Hall–Kier alpha value is -2.97. The Balaban J connectivity index is 1.62. The molecule has 1 saturated carbocycles. The van der Waals surface area contributed by atoms with Crippen LogP contribution in [0.25, 0.3) is 11.2 Å². The van der Waals surface area contributed by atoms with E-state index in [1.807, 2.05) is 61.5 Å². The molecule has 0 radical (unpaired) electrons. The molecule has 2 aliphatic rings. The van der Waals surface area contributed by atoms with Crippen LogP contribution in [0.2, 0.25) is 22.2 Å². The van der Waals surface area contributed by atoms with Crippen molar-refractivity contribution in [2.24, 2.45) is 11.8 Å². The number of ether oxygens (including phenoxy) is 1. The number of rotatable bonds is 24. The van der Waals surface area contributed by atoms with Gasteiger partial charge in [-0.3, -0.25) is 33.5 Å². The minimum atomic E-state index is -4.05. The van der Waals surface area contributed by atoms with E-state index in [-0.39, 0.29) is 71.4 Å². The van der Waals surface area contributed by atoms with Crippen LogP contribution in [0, 0.1) is 23.2 Å². The molecule has 2 fully saturated rings. The second-order valence-electron chi connectivity index (χ2n) is 17.9. The first-order valence-corrected chi connectivity index (χ1v) is 29.7. The fourth-order valence-corrected chi connectivity index (χ4v) is 20.7. The third kappa shape index (κ3) is 12.6. The summed E-state index contributed by atoms with van der Waals surface area (Å²) in [7, 11) is -10.6. The number of imidazole rings is 1. The maximum absolute atomic E-state index is 13.4. The Morgan fingerprint density at radius 3 is 2.30 bits per heavy atom. The fraction of sp³-hybridized carbons (Fsp3) is 0.737. The number of carbonyl (C=O) groups excluding carboxylic acids is 1. The number of aliphatic hydroxyl groups is 1. The number of carbonyl (C=O) groups is 1. The molecule has 0 aromatic carbocycles. The lowest BCUT2D eigenvalue weighted by Gasteiger charge is -2.47. The van der Waals surface area contributed by atoms with Gasteiger partial charge in [0.05, 0.1) is 44.7 Å². The smallest absolute Gasteiger partial charge is 0.335 e. The van der Waals surface area contributed by atoms with Gasteiger partial charge < -0.3 is 47.0 Å². The molecule has 23 nitrogen and oxygen atoms in total. The summed E-state index contributed by atoms with van der Waals surface area (Å²) in [5, 5.41) is 26.4. The zero-order chi connectivity index (χ0) is 48.7. The molecule has 6 N–H and O–H groups in total. The number of nitrogens with one attached hydrogen (secondary N) is 3. The highest BCUT2D eigenvalue weighted by Crippen LogP contribution is 2.56. The van der Waals surface area contributed by atoms with Gasteiger partial charge in [-0.25, -0.2) is 19.9 Å². The normalized spacial score (nSPS) is 24.2. The van der Waals surface area contributed by atoms with Crippen molar-refractivity contribution < 1.29 is 55.5 Å². The van der Waals surface area contributed by atoms with Crippen LogP contribution < -0.4 is 16.2 Å². The molecule has 368 valence electrons. The standard InChI is InChI=1S/C38H64N10O13P2SSi2/c1-21(2)34(50)46-38-45-33-30(35(51)47-38)43-20-48(33)36-32(31(29(16-49)57-36)60-66(24(7)8,25(9)10)61-65(54,22(3)4)23(5)6)59-63(64,55-13-11-12-39)56-17-26-14-27(15-28(26)58-62(52)53)44-37-41-18-40-19-42-37/h18-29,31-32,36,49,54,62H,11,13-17H2,1-10H3,(H,52,53)(H,40,41,42,44)(H2,45,46,47,50,51)/t26-,27-,28+,29-,31-,32-,36-,63?/m1/s1. The van der Waals surface area contributed by atoms with Crippen molar-refractivity contribution in [3.8, 4) is 6.07 Å². The predicted octanol–water partition coefficient (Wildman–Crippen LogP) is 4.92. The van der Waals surface area contributed by atoms with Gasteiger partial charge in [0.25, 0.3) is 5.56 Å². The monoisotopic (exact) mass is 1020 g/mol. The number of aromatic nitrogens is 7. The number of hydrogen-bond acceptors (Lipinski definition) is 20. The molecule has 3 aromatic rings. The third-order valence-corrected chi connectivity index (χ3v) is 24.3. The second-order valence-corrected chi connectivity index (χ2v) is 30.3. The van der Waals surface area contributed by atoms with Crippen molar-refractivity contribution in [1.82, 2.24) is 34.5 Å². The summed E-state index contributed by atoms with van der Waals surface area (Å²) in [6.45, 7) is 13.7. The van der Waals surface area contributed by atoms with Gasteiger partial charge >= 0.3 is 32.1 Å². The largest absolute Gasteiger partial charge is 0.414 e. The molecule has 3 aromatic heterocycles. The molecule has 66 heavy (non-hydrogen) atoms. The summed E-state index contributed by atoms with van der Waals surface area (Å²) >= 11 is 6.14. The highest BCUT2D eigenvalue weighted by molar-refractivity contribution is 8.07. The van der Waals surface area contributed by atoms with E-state index in [1.165, 1.54) is 23.5 Å². The highest BCUT2D eigenvalue weighted by Gasteiger charge is 2.60. The van der Waals surface area contributed by atoms with Gasteiger partial charge in [0.2, 0.25) is 17.8 Å². The van der Waals surface area contributed by atoms with Crippen LogP contribution in [0.3, 0.4) is 0 Å². The first-order valence-electron chi connectivity index (χ1n) is 21.9. The first kappa shape index (κ1) is 54.0. The van der Waals surface area contributed by atoms with Gasteiger partial charge in [0.15, 0.2) is 17.4 Å². The molecule has 5 rings (SSSR count). The zero-order valence-corrected chi connectivity index (χ0v) is 43.5. The van der Waals surface area contributed by atoms with E-state index in [1.54, 1.807) is 13.8 Å². The third-order valence-electron chi connectivity index (χ3n) is 11.7. The van der Waals surface area contributed by atoms with Crippen molar-refractivity contribution in [2.75, 3.05) is 30.5 Å². The van der Waals surface area contributed by atoms with E-state index >= 15 is 0 Å². The van der Waals surface area contributed by atoms with E-state index < -0.39 is 92.6 Å². The molecular formula is C38H64N10O13P2SSi2. The van der Waals surface area contributed by atoms with Gasteiger partial charge in [-0.1, -0.05) is 69.2 Å². The summed E-state index contributed by atoms with van der Waals surface area (Å²) < 4.78 is 59.4. The Kier molecular flexibility index (Phi) is 18.9. The molecule has 0 bridgehead atoms. The van der Waals surface area contributed by atoms with Gasteiger partial charge in [0, 0.05) is 17.9 Å². The van der Waals surface area contributed by atoms with Crippen LogP contribution in [0.5, 0.6) is 0 Å². The van der Waals surface area contributed by atoms with E-state index in [2.05, 4.69) is 40.5 Å². The summed E-state index contributed by atoms with van der Waals surface area (Å²) in [5.41, 5.74) is -1.83. The molecule has 4 heterocycles. The summed E-state index contributed by atoms with van der Waals surface area (Å²) in [6, 6.07) is 1.71. The Morgan fingerprint density at radius 1 is 1.06 bits per heavy atom. The van der Waals surface area contributed by atoms with Crippen molar-refractivity contribution in [3.63, 3.8) is 0 Å². The predicted molar refractivity (Wildman–Crippen MR) is 250 cm³/mol. The van der Waals surface area contributed by atoms with Crippen molar-refractivity contribution in [3.05, 3.63) is 29.3 Å². The number of anilines is 2. The van der Waals surface area contributed by atoms with Crippen LogP contribution in [0.1, 0.15) is 94.7 Å². The minimum Gasteiger partial charge on any atom is -0.414 e. The second kappa shape index (κ2) is 23.1. The maximum atomic E-state index is 13.4. The lowest BCUT2D eigenvalue weighted by molar-refractivity contribution is -0.118. The molecule has 1 saturated heterocycles. The zero-order valence-electron chi connectivity index (χ0n) is 38.8. The van der Waals surface area contributed by atoms with Crippen LogP contribution in [0.15, 0.2) is 23.8 Å². The van der Waals surface area contributed by atoms with Gasteiger partial charge in [0.1, 0.15) is 31.0 Å². The van der Waals surface area contributed by atoms with Crippen molar-refractivity contribution in [2.45, 2.75) is 147 Å². The quantitative estimate of drug-likeness (QED) is 0.0394. The Bertz CT molecular complexity index is 2260. The first-order chi connectivity index (χ1) is 31.1. The average molecular weight is 1020 g/mol. The van der Waals surface area contributed by atoms with Crippen molar-refractivity contribution in [1.29, 1.82) is 5.26 Å². The highest BCUT2D eigenvalue weighted by atomic mass is 32.5. The molecule has 9 atom stereocenters. The molecule has 1 amide bonds. The SMILES string of the molecule is CC(C)C(=O)Nc1nc2c(ncn2[C@@H]2O[C@H](CO)[C@@H](O[Si](O[Si](O)(C(C)C)C(C)C)(C(C)C)C(C)C)[C@H]2OP(=S)(OCCC#N)OC[C@H]2C[C@@H](Nc3ncncn3)C[C@@H]2O[PH](=O)O)c(=O)[nH]1. The summed E-state index contributed by atoms with van der Waals surface area (Å²) in [4.78, 5) is 71.8. The lowest BCUT2D eigenvalue weighted by Crippen LogP contribution is -2.62. The summed E-state index contributed by atoms with van der Waals surface area (Å²) in [6.07, 6.45) is -1.32. The van der Waals surface area contributed by atoms with Crippen LogP contribution >= 0.6 is 15.0 Å². The lowest BCUT2D eigenvalue weighted by atomic mass is 10.1. The van der Waals surface area contributed by atoms with Gasteiger partial charge in [-0.05, 0) is 46.8 Å². The Labute approximate surface area is 391 Å². The van der Waals surface area contributed by atoms with E-state index in [0.717, 1.165) is 0 Å². The van der Waals surface area contributed by atoms with E-state index in [9.17, 15) is 34.2 Å².